The first-order chi connectivity index (χ1) is 7.99. The van der Waals surface area contributed by atoms with Gasteiger partial charge in [0.15, 0.2) is 0 Å². The molecule has 1 rings (SSSR count). The first-order valence-electron chi connectivity index (χ1n) is 5.52. The molecule has 0 aromatic heterocycles. The highest BCUT2D eigenvalue weighted by Gasteiger charge is 2.17. The molecule has 0 radical (unpaired) electrons. The molecule has 5 heteroatoms. The number of benzene rings is 1. The fourth-order valence-electron chi connectivity index (χ4n) is 1.41. The number of nitrogens with one attached hydrogen (secondary N) is 2. The van der Waals surface area contributed by atoms with Crippen LogP contribution in [0.3, 0.4) is 0 Å². The second-order valence-corrected chi connectivity index (χ2v) is 4.34. The zero-order valence-corrected chi connectivity index (χ0v) is 9.97. The van der Waals surface area contributed by atoms with Gasteiger partial charge in [0.25, 0.3) is 0 Å². The summed E-state index contributed by atoms with van der Waals surface area (Å²) in [6.45, 7) is 3.94. The first-order valence-corrected chi connectivity index (χ1v) is 5.52. The lowest BCUT2D eigenvalue weighted by Gasteiger charge is -2.17. The number of rotatable bonds is 6. The van der Waals surface area contributed by atoms with E-state index in [2.05, 4.69) is 10.9 Å². The van der Waals surface area contributed by atoms with Crippen LogP contribution in [0.1, 0.15) is 20.3 Å². The lowest BCUT2D eigenvalue weighted by molar-refractivity contribution is -0.139. The topological polar surface area (TPSA) is 81.6 Å². The number of aliphatic carboxylic acids is 1. The molecule has 94 valence electrons. The van der Waals surface area contributed by atoms with Crippen LogP contribution >= 0.6 is 0 Å². The van der Waals surface area contributed by atoms with Gasteiger partial charge in [-0.2, -0.15) is 0 Å². The van der Waals surface area contributed by atoms with E-state index in [1.807, 2.05) is 13.8 Å². The third-order valence-corrected chi connectivity index (χ3v) is 2.26. The molecule has 1 atom stereocenters. The molecule has 0 amide bonds. The molecule has 17 heavy (non-hydrogen) atoms. The van der Waals surface area contributed by atoms with Crippen molar-refractivity contribution in [2.24, 2.45) is 5.92 Å². The molecule has 1 aromatic carbocycles. The molecule has 0 heterocycles. The fraction of sp³-hybridized carbons (Fsp3) is 0.417. The molecule has 5 nitrogen and oxygen atoms in total. The van der Waals surface area contributed by atoms with Crippen molar-refractivity contribution in [3.63, 3.8) is 0 Å². The minimum Gasteiger partial charge on any atom is -0.508 e. The maximum atomic E-state index is 11.0. The van der Waals surface area contributed by atoms with Crippen LogP contribution in [0.25, 0.3) is 0 Å². The van der Waals surface area contributed by atoms with Crippen LogP contribution in [-0.2, 0) is 4.79 Å². The van der Waals surface area contributed by atoms with Crippen LogP contribution in [0.5, 0.6) is 5.75 Å². The molecule has 0 aliphatic heterocycles. The lowest BCUT2D eigenvalue weighted by Crippen LogP contribution is -2.41. The highest BCUT2D eigenvalue weighted by atomic mass is 16.4. The van der Waals surface area contributed by atoms with Crippen molar-refractivity contribution in [1.82, 2.24) is 5.43 Å². The smallest absolute Gasteiger partial charge is 0.322 e. The molecule has 0 aliphatic rings. The Morgan fingerprint density at radius 3 is 2.35 bits per heavy atom. The minimum atomic E-state index is -0.884. The molecule has 4 N–H and O–H groups in total. The third kappa shape index (κ3) is 4.74. The van der Waals surface area contributed by atoms with Crippen molar-refractivity contribution >= 4 is 11.7 Å². The number of carbonyl (C=O) groups is 1. The predicted molar refractivity (Wildman–Crippen MR) is 65.7 cm³/mol. The zero-order chi connectivity index (χ0) is 12.8. The second kappa shape index (κ2) is 6.10. The van der Waals surface area contributed by atoms with Gasteiger partial charge in [0, 0.05) is 5.69 Å². The quantitative estimate of drug-likeness (QED) is 0.449. The van der Waals surface area contributed by atoms with Gasteiger partial charge in [-0.25, -0.2) is 5.43 Å². The average molecular weight is 238 g/mol. The predicted octanol–water partition coefficient (Wildman–Crippen LogP) is 1.81. The van der Waals surface area contributed by atoms with Gasteiger partial charge in [0.1, 0.15) is 11.8 Å². The summed E-state index contributed by atoms with van der Waals surface area (Å²) in [5, 5.41) is 18.1. The Bertz CT molecular complexity index is 363. The Morgan fingerprint density at radius 1 is 1.29 bits per heavy atom. The standard InChI is InChI=1S/C12H18N2O3/c1-8(2)7-11(12(16)17)14-13-9-3-5-10(15)6-4-9/h3-6,8,11,13-15H,7H2,1-2H3,(H,16,17)/t11-/m0/s1. The summed E-state index contributed by atoms with van der Waals surface area (Å²) in [5.41, 5.74) is 6.28. The Labute approximate surface area is 100 Å². The SMILES string of the molecule is CC(C)C[C@H](NNc1ccc(O)cc1)C(=O)O. The Balaban J connectivity index is 2.51. The number of phenols is 1. The van der Waals surface area contributed by atoms with Gasteiger partial charge in [0.05, 0.1) is 0 Å². The van der Waals surface area contributed by atoms with Gasteiger partial charge in [-0.3, -0.25) is 4.79 Å². The number of phenolic OH excluding ortho intramolecular Hbond substituents is 1. The zero-order valence-electron chi connectivity index (χ0n) is 9.97. The summed E-state index contributed by atoms with van der Waals surface area (Å²) >= 11 is 0. The number of aromatic hydroxyl groups is 1. The molecule has 0 fully saturated rings. The van der Waals surface area contributed by atoms with Crippen molar-refractivity contribution in [3.8, 4) is 5.75 Å². The Hall–Kier alpha value is -1.75. The summed E-state index contributed by atoms with van der Waals surface area (Å²) in [6, 6.07) is 5.75. The molecule has 0 spiro atoms. The van der Waals surface area contributed by atoms with Crippen LogP contribution < -0.4 is 10.9 Å². The van der Waals surface area contributed by atoms with E-state index in [0.29, 0.717) is 18.0 Å². The van der Waals surface area contributed by atoms with E-state index in [1.54, 1.807) is 12.1 Å². The summed E-state index contributed by atoms with van der Waals surface area (Å²) in [4.78, 5) is 11.0. The summed E-state index contributed by atoms with van der Waals surface area (Å²) in [7, 11) is 0. The maximum absolute atomic E-state index is 11.0. The largest absolute Gasteiger partial charge is 0.508 e. The van der Waals surface area contributed by atoms with Crippen molar-refractivity contribution in [3.05, 3.63) is 24.3 Å². The molecule has 0 unspecified atom stereocenters. The Kier molecular flexibility index (Phi) is 4.78. The number of carboxylic acid groups (broad SMARTS) is 1. The molecule has 0 bridgehead atoms. The van der Waals surface area contributed by atoms with Gasteiger partial charge in [-0.1, -0.05) is 13.8 Å². The van der Waals surface area contributed by atoms with Crippen LogP contribution in [0.4, 0.5) is 5.69 Å². The summed E-state index contributed by atoms with van der Waals surface area (Å²) in [6.07, 6.45) is 0.542. The van der Waals surface area contributed by atoms with E-state index in [1.165, 1.54) is 12.1 Å². The van der Waals surface area contributed by atoms with Gasteiger partial charge < -0.3 is 15.6 Å². The Morgan fingerprint density at radius 2 is 1.88 bits per heavy atom. The normalized spacial score (nSPS) is 12.4. The van der Waals surface area contributed by atoms with Gasteiger partial charge in [-0.15, -0.1) is 0 Å². The lowest BCUT2D eigenvalue weighted by atomic mass is 10.0. The van der Waals surface area contributed by atoms with E-state index in [4.69, 9.17) is 10.2 Å². The second-order valence-electron chi connectivity index (χ2n) is 4.34. The van der Waals surface area contributed by atoms with Gasteiger partial charge in [-0.05, 0) is 36.6 Å². The van der Waals surface area contributed by atoms with E-state index >= 15 is 0 Å². The monoisotopic (exact) mass is 238 g/mol. The van der Waals surface area contributed by atoms with Crippen LogP contribution in [0.15, 0.2) is 24.3 Å². The summed E-state index contributed by atoms with van der Waals surface area (Å²) in [5.74, 6) is -0.414. The van der Waals surface area contributed by atoms with Crippen LogP contribution in [0, 0.1) is 5.92 Å². The van der Waals surface area contributed by atoms with E-state index in [0.717, 1.165) is 0 Å². The van der Waals surface area contributed by atoms with Crippen molar-refractivity contribution in [1.29, 1.82) is 0 Å². The van der Waals surface area contributed by atoms with Crippen molar-refractivity contribution < 1.29 is 15.0 Å². The van der Waals surface area contributed by atoms with E-state index in [-0.39, 0.29) is 5.75 Å². The third-order valence-electron chi connectivity index (χ3n) is 2.26. The number of hydrogen-bond acceptors (Lipinski definition) is 4. The molecule has 0 saturated heterocycles. The highest BCUT2D eigenvalue weighted by molar-refractivity contribution is 5.73. The highest BCUT2D eigenvalue weighted by Crippen LogP contribution is 2.13. The van der Waals surface area contributed by atoms with E-state index < -0.39 is 12.0 Å². The first kappa shape index (κ1) is 13.3. The van der Waals surface area contributed by atoms with E-state index in [9.17, 15) is 4.79 Å². The van der Waals surface area contributed by atoms with Crippen LogP contribution in [0.2, 0.25) is 0 Å². The number of hydrazine groups is 1. The number of carboxylic acids is 1. The number of anilines is 1. The van der Waals surface area contributed by atoms with Gasteiger partial charge >= 0.3 is 5.97 Å². The molecule has 0 saturated carbocycles. The van der Waals surface area contributed by atoms with Crippen molar-refractivity contribution in [2.75, 3.05) is 5.43 Å². The maximum Gasteiger partial charge on any atom is 0.322 e. The number of hydrogen-bond donors (Lipinski definition) is 4. The van der Waals surface area contributed by atoms with Crippen molar-refractivity contribution in [2.45, 2.75) is 26.3 Å². The average Bonchev–Trinajstić information content (AvgIpc) is 2.25. The van der Waals surface area contributed by atoms with Gasteiger partial charge in [0.2, 0.25) is 0 Å². The fourth-order valence-corrected chi connectivity index (χ4v) is 1.41. The molecular formula is C12H18N2O3. The minimum absolute atomic E-state index is 0.174. The molecule has 1 aromatic rings. The molecule has 0 aliphatic carbocycles. The summed E-state index contributed by atoms with van der Waals surface area (Å²) < 4.78 is 0. The molecular weight excluding hydrogens is 220 g/mol. The van der Waals surface area contributed by atoms with Crippen LogP contribution in [-0.4, -0.2) is 22.2 Å².